The number of benzene rings is 2. The molecular weight excluding hydrogens is 412 g/mol. The summed E-state index contributed by atoms with van der Waals surface area (Å²) in [6.45, 7) is 0. The minimum atomic E-state index is -3.80. The molecule has 4 rings (SSSR count). The molecule has 0 amide bonds. The second kappa shape index (κ2) is 8.23. The van der Waals surface area contributed by atoms with E-state index in [1.807, 2.05) is 23.6 Å². The molecule has 0 bridgehead atoms. The van der Waals surface area contributed by atoms with Crippen LogP contribution in [0.1, 0.15) is 38.1 Å². The average Bonchev–Trinajstić information content (AvgIpc) is 3.12. The fourth-order valence-electron chi connectivity index (χ4n) is 3.66. The summed E-state index contributed by atoms with van der Waals surface area (Å²) in [5.41, 5.74) is 2.11. The van der Waals surface area contributed by atoms with Crippen LogP contribution in [0.4, 0.5) is 0 Å². The van der Waals surface area contributed by atoms with Crippen LogP contribution in [0, 0.1) is 0 Å². The second-order valence-corrected chi connectivity index (χ2v) is 9.83. The predicted octanol–water partition coefficient (Wildman–Crippen LogP) is 5.66. The first kappa shape index (κ1) is 19.4. The van der Waals surface area contributed by atoms with Crippen molar-refractivity contribution in [2.75, 3.05) is 0 Å². The topological polar surface area (TPSA) is 51.4 Å². The highest BCUT2D eigenvalue weighted by Crippen LogP contribution is 2.32. The molecule has 0 atom stereocenters. The van der Waals surface area contributed by atoms with Gasteiger partial charge in [-0.3, -0.25) is 0 Å². The van der Waals surface area contributed by atoms with Crippen LogP contribution >= 0.6 is 22.9 Å². The van der Waals surface area contributed by atoms with Gasteiger partial charge in [0.15, 0.2) is 0 Å². The molecular formula is C21H21ClN2O2S2. The lowest BCUT2D eigenvalue weighted by atomic mass is 9.95. The van der Waals surface area contributed by atoms with Crippen molar-refractivity contribution in [2.24, 2.45) is 4.40 Å². The van der Waals surface area contributed by atoms with Gasteiger partial charge in [0.25, 0.3) is 10.0 Å². The zero-order chi connectivity index (χ0) is 19.6. The van der Waals surface area contributed by atoms with Crippen molar-refractivity contribution in [2.45, 2.75) is 43.0 Å². The van der Waals surface area contributed by atoms with Gasteiger partial charge in [0.1, 0.15) is 0 Å². The molecule has 1 aromatic heterocycles. The molecule has 0 aliphatic heterocycles. The van der Waals surface area contributed by atoms with E-state index < -0.39 is 10.0 Å². The van der Waals surface area contributed by atoms with Gasteiger partial charge in [-0.15, -0.1) is 15.7 Å². The van der Waals surface area contributed by atoms with Gasteiger partial charge < -0.3 is 4.57 Å². The summed E-state index contributed by atoms with van der Waals surface area (Å²) < 4.78 is 32.1. The number of hydrogen-bond donors (Lipinski definition) is 0. The van der Waals surface area contributed by atoms with Crippen molar-refractivity contribution in [3.05, 3.63) is 69.8 Å². The summed E-state index contributed by atoms with van der Waals surface area (Å²) in [5.74, 6) is 0. The highest BCUT2D eigenvalue weighted by molar-refractivity contribution is 7.90. The third kappa shape index (κ3) is 4.09. The Morgan fingerprint density at radius 1 is 0.964 bits per heavy atom. The Morgan fingerprint density at radius 2 is 1.64 bits per heavy atom. The van der Waals surface area contributed by atoms with E-state index in [0.29, 0.717) is 9.82 Å². The quantitative estimate of drug-likeness (QED) is 0.533. The third-order valence-corrected chi connectivity index (χ3v) is 7.55. The normalized spacial score (nSPS) is 16.4. The van der Waals surface area contributed by atoms with Crippen molar-refractivity contribution in [3.63, 3.8) is 0 Å². The monoisotopic (exact) mass is 432 g/mol. The van der Waals surface area contributed by atoms with E-state index in [1.54, 1.807) is 12.1 Å². The molecule has 28 heavy (non-hydrogen) atoms. The lowest BCUT2D eigenvalue weighted by molar-refractivity contribution is 0.351. The zero-order valence-electron chi connectivity index (χ0n) is 15.3. The minimum Gasteiger partial charge on any atom is -0.313 e. The lowest BCUT2D eigenvalue weighted by Gasteiger charge is -2.25. The summed E-state index contributed by atoms with van der Waals surface area (Å²) in [6.07, 6.45) is 5.64. The number of thiazole rings is 1. The summed E-state index contributed by atoms with van der Waals surface area (Å²) in [5, 5.41) is 2.51. The standard InChI is InChI=1S/C21H21ClN2O2S2/c22-17-11-13-19(14-12-17)28(25,26)23-21-24(18-9-5-2-6-10-18)20(15-27-21)16-7-3-1-4-8-16/h1,3-4,7-8,11-15,18H,2,5-6,9-10H2/b23-21+. The summed E-state index contributed by atoms with van der Waals surface area (Å²) in [7, 11) is -3.80. The minimum absolute atomic E-state index is 0.154. The molecule has 0 unspecified atom stereocenters. The molecule has 1 saturated carbocycles. The van der Waals surface area contributed by atoms with E-state index >= 15 is 0 Å². The zero-order valence-corrected chi connectivity index (χ0v) is 17.7. The number of rotatable bonds is 4. The molecule has 1 heterocycles. The van der Waals surface area contributed by atoms with E-state index in [0.717, 1.165) is 36.9 Å². The van der Waals surface area contributed by atoms with Crippen LogP contribution in [0.3, 0.4) is 0 Å². The predicted molar refractivity (Wildman–Crippen MR) is 114 cm³/mol. The van der Waals surface area contributed by atoms with Gasteiger partial charge in [-0.25, -0.2) is 0 Å². The maximum Gasteiger partial charge on any atom is 0.285 e. The van der Waals surface area contributed by atoms with Crippen LogP contribution in [0.2, 0.25) is 5.02 Å². The molecule has 0 N–H and O–H groups in total. The largest absolute Gasteiger partial charge is 0.313 e. The fraction of sp³-hybridized carbons (Fsp3) is 0.286. The number of sulfonamides is 1. The molecule has 1 aliphatic rings. The summed E-state index contributed by atoms with van der Waals surface area (Å²) in [6, 6.07) is 16.5. The van der Waals surface area contributed by atoms with Gasteiger partial charge in [0.2, 0.25) is 4.80 Å². The molecule has 7 heteroatoms. The first-order valence-corrected chi connectivity index (χ1v) is 12.1. The van der Waals surface area contributed by atoms with Crippen LogP contribution < -0.4 is 4.80 Å². The van der Waals surface area contributed by atoms with Crippen LogP contribution in [-0.2, 0) is 10.0 Å². The molecule has 1 fully saturated rings. The molecule has 146 valence electrons. The Morgan fingerprint density at radius 3 is 2.32 bits per heavy atom. The van der Waals surface area contributed by atoms with E-state index in [4.69, 9.17) is 11.6 Å². The molecule has 1 aliphatic carbocycles. The second-order valence-electron chi connectivity index (χ2n) is 6.95. The summed E-state index contributed by atoms with van der Waals surface area (Å²) in [4.78, 5) is 0.683. The number of aromatic nitrogens is 1. The maximum atomic E-state index is 12.9. The molecule has 3 aromatic rings. The first-order chi connectivity index (χ1) is 13.5. The Hall–Kier alpha value is -1.89. The van der Waals surface area contributed by atoms with Crippen LogP contribution in [-0.4, -0.2) is 13.0 Å². The Kier molecular flexibility index (Phi) is 5.71. The van der Waals surface area contributed by atoms with Crippen LogP contribution in [0.15, 0.2) is 69.3 Å². The van der Waals surface area contributed by atoms with Crippen molar-refractivity contribution in [3.8, 4) is 11.3 Å². The van der Waals surface area contributed by atoms with E-state index in [9.17, 15) is 8.42 Å². The highest BCUT2D eigenvalue weighted by atomic mass is 35.5. The number of nitrogens with zero attached hydrogens (tertiary/aromatic N) is 2. The Balaban J connectivity index is 1.85. The van der Waals surface area contributed by atoms with Crippen molar-refractivity contribution < 1.29 is 8.42 Å². The third-order valence-electron chi connectivity index (χ3n) is 5.06. The van der Waals surface area contributed by atoms with Gasteiger partial charge in [0.05, 0.1) is 10.6 Å². The Bertz CT molecular complexity index is 1110. The van der Waals surface area contributed by atoms with Gasteiger partial charge in [-0.05, 0) is 42.7 Å². The van der Waals surface area contributed by atoms with Gasteiger partial charge in [0, 0.05) is 16.4 Å². The van der Waals surface area contributed by atoms with E-state index in [-0.39, 0.29) is 10.9 Å². The smallest absolute Gasteiger partial charge is 0.285 e. The van der Waals surface area contributed by atoms with E-state index in [1.165, 1.54) is 29.9 Å². The van der Waals surface area contributed by atoms with Crippen molar-refractivity contribution in [1.29, 1.82) is 0 Å². The molecule has 0 radical (unpaired) electrons. The molecule has 2 aromatic carbocycles. The highest BCUT2D eigenvalue weighted by Gasteiger charge is 2.22. The first-order valence-electron chi connectivity index (χ1n) is 9.37. The van der Waals surface area contributed by atoms with E-state index in [2.05, 4.69) is 21.1 Å². The molecule has 0 saturated heterocycles. The van der Waals surface area contributed by atoms with Crippen molar-refractivity contribution in [1.82, 2.24) is 4.57 Å². The lowest BCUT2D eigenvalue weighted by Crippen LogP contribution is -2.25. The van der Waals surface area contributed by atoms with Crippen LogP contribution in [0.25, 0.3) is 11.3 Å². The fourth-order valence-corrected chi connectivity index (χ4v) is 5.96. The Labute approximate surface area is 174 Å². The average molecular weight is 433 g/mol. The maximum absolute atomic E-state index is 12.9. The molecule has 4 nitrogen and oxygen atoms in total. The summed E-state index contributed by atoms with van der Waals surface area (Å²) >= 11 is 7.27. The number of halogens is 1. The van der Waals surface area contributed by atoms with Crippen LogP contribution in [0.5, 0.6) is 0 Å². The van der Waals surface area contributed by atoms with Crippen molar-refractivity contribution >= 4 is 33.0 Å². The van der Waals surface area contributed by atoms with Gasteiger partial charge >= 0.3 is 0 Å². The SMILES string of the molecule is O=S(=O)(/N=c1/scc(-c2ccccc2)n1C1CCCCC1)c1ccc(Cl)cc1. The molecule has 0 spiro atoms. The van der Waals surface area contributed by atoms with Gasteiger partial charge in [-0.1, -0.05) is 61.2 Å². The number of hydrogen-bond acceptors (Lipinski definition) is 3. The van der Waals surface area contributed by atoms with Gasteiger partial charge in [-0.2, -0.15) is 8.42 Å².